The van der Waals surface area contributed by atoms with E-state index in [1.807, 2.05) is 48.2 Å². The lowest BCUT2D eigenvalue weighted by molar-refractivity contribution is 0.0735. The number of aryl methyl sites for hydroxylation is 1. The summed E-state index contributed by atoms with van der Waals surface area (Å²) in [6.45, 7) is 2.84. The van der Waals surface area contributed by atoms with E-state index >= 15 is 0 Å². The van der Waals surface area contributed by atoms with Crippen LogP contribution < -0.4 is 0 Å². The maximum atomic E-state index is 12.7. The summed E-state index contributed by atoms with van der Waals surface area (Å²) in [6, 6.07) is 13.6. The summed E-state index contributed by atoms with van der Waals surface area (Å²) in [5, 5.41) is 0. The van der Waals surface area contributed by atoms with Gasteiger partial charge in [-0.1, -0.05) is 36.5 Å². The summed E-state index contributed by atoms with van der Waals surface area (Å²) < 4.78 is 0.732. The van der Waals surface area contributed by atoms with E-state index in [2.05, 4.69) is 11.1 Å². The molecule has 0 radical (unpaired) electrons. The summed E-state index contributed by atoms with van der Waals surface area (Å²) in [6.07, 6.45) is 2.04. The Hall–Kier alpha value is -1.94. The second kappa shape index (κ2) is 5.82. The fourth-order valence-corrected chi connectivity index (χ4v) is 3.25. The van der Waals surface area contributed by atoms with Crippen LogP contribution in [-0.2, 0) is 0 Å². The number of nitrogens with one attached hydrogen (secondary N) is 1. The van der Waals surface area contributed by atoms with E-state index in [-0.39, 0.29) is 11.9 Å². The fraction of sp³-hybridized carbons (Fsp3) is 0.294. The molecule has 21 heavy (non-hydrogen) atoms. The van der Waals surface area contributed by atoms with Crippen LogP contribution in [-0.4, -0.2) is 22.3 Å². The maximum absolute atomic E-state index is 12.7. The predicted molar refractivity (Wildman–Crippen MR) is 85.8 cm³/mol. The minimum Gasteiger partial charge on any atom is -0.350 e. The molecular formula is C17H18N2OS. The highest BCUT2D eigenvalue weighted by Gasteiger charge is 2.31. The molecule has 1 aromatic carbocycles. The third-order valence-corrected chi connectivity index (χ3v) is 4.29. The molecule has 1 N–H and O–H groups in total. The van der Waals surface area contributed by atoms with Gasteiger partial charge in [0, 0.05) is 17.8 Å². The van der Waals surface area contributed by atoms with Crippen molar-refractivity contribution >= 4 is 18.1 Å². The van der Waals surface area contributed by atoms with E-state index in [9.17, 15) is 4.79 Å². The molecule has 0 unspecified atom stereocenters. The Kier molecular flexibility index (Phi) is 3.88. The van der Waals surface area contributed by atoms with Crippen molar-refractivity contribution in [2.45, 2.75) is 25.8 Å². The van der Waals surface area contributed by atoms with Gasteiger partial charge in [0.25, 0.3) is 5.91 Å². The van der Waals surface area contributed by atoms with Gasteiger partial charge in [-0.2, -0.15) is 0 Å². The zero-order valence-corrected chi connectivity index (χ0v) is 12.8. The first-order chi connectivity index (χ1) is 10.2. The van der Waals surface area contributed by atoms with Crippen molar-refractivity contribution in [3.8, 4) is 0 Å². The van der Waals surface area contributed by atoms with Crippen LogP contribution in [0.4, 0.5) is 0 Å². The Balaban J connectivity index is 1.92. The van der Waals surface area contributed by atoms with Crippen LogP contribution in [0, 0.1) is 11.6 Å². The Labute approximate surface area is 129 Å². The van der Waals surface area contributed by atoms with Crippen molar-refractivity contribution in [1.82, 2.24) is 9.88 Å². The lowest BCUT2D eigenvalue weighted by Gasteiger charge is -2.26. The Morgan fingerprint density at radius 3 is 2.71 bits per heavy atom. The summed E-state index contributed by atoms with van der Waals surface area (Å²) >= 11 is 5.16. The average molecular weight is 298 g/mol. The molecule has 1 aromatic heterocycles. The van der Waals surface area contributed by atoms with E-state index < -0.39 is 0 Å². The van der Waals surface area contributed by atoms with E-state index in [1.165, 1.54) is 5.56 Å². The van der Waals surface area contributed by atoms with Crippen molar-refractivity contribution in [3.63, 3.8) is 0 Å². The van der Waals surface area contributed by atoms with Crippen LogP contribution in [0.15, 0.2) is 42.5 Å². The molecule has 0 saturated carbocycles. The number of carbonyl (C=O) groups is 1. The van der Waals surface area contributed by atoms with Crippen molar-refractivity contribution in [3.05, 3.63) is 63.9 Å². The highest BCUT2D eigenvalue weighted by Crippen LogP contribution is 2.34. The van der Waals surface area contributed by atoms with Crippen LogP contribution in [0.3, 0.4) is 0 Å². The fourth-order valence-electron chi connectivity index (χ4n) is 3.03. The first-order valence-electron chi connectivity index (χ1n) is 7.22. The second-order valence-corrected chi connectivity index (χ2v) is 5.87. The number of benzene rings is 1. The van der Waals surface area contributed by atoms with Gasteiger partial charge >= 0.3 is 0 Å². The van der Waals surface area contributed by atoms with Crippen LogP contribution in [0.1, 0.15) is 40.5 Å². The number of hydrogen-bond acceptors (Lipinski definition) is 2. The standard InChI is InChI=1S/C17H18N2OS/c1-12-14(9-10-16(21)18-12)15-8-5-11-19(15)17(20)13-6-3-2-4-7-13/h2-4,6-7,9-10,15H,5,8,11H2,1H3,(H,18,21)/t15-/m0/s1. The molecule has 1 atom stereocenters. The number of carbonyl (C=O) groups excluding carboxylic acids is 1. The lowest BCUT2D eigenvalue weighted by atomic mass is 10.0. The molecule has 108 valence electrons. The first-order valence-corrected chi connectivity index (χ1v) is 7.63. The van der Waals surface area contributed by atoms with E-state index in [0.29, 0.717) is 0 Å². The third-order valence-electron chi connectivity index (χ3n) is 4.05. The highest BCUT2D eigenvalue weighted by molar-refractivity contribution is 7.71. The molecule has 1 aliphatic heterocycles. The molecule has 0 bridgehead atoms. The molecule has 3 rings (SSSR count). The molecule has 3 nitrogen and oxygen atoms in total. The van der Waals surface area contributed by atoms with Gasteiger partial charge in [-0.15, -0.1) is 0 Å². The molecule has 1 fully saturated rings. The summed E-state index contributed by atoms with van der Waals surface area (Å²) in [5.74, 6) is 0.111. The molecule has 1 saturated heterocycles. The van der Waals surface area contributed by atoms with Crippen molar-refractivity contribution in [1.29, 1.82) is 0 Å². The molecular weight excluding hydrogens is 280 g/mol. The summed E-state index contributed by atoms with van der Waals surface area (Å²) in [7, 11) is 0. The molecule has 1 aliphatic rings. The first kappa shape index (κ1) is 14.0. The smallest absolute Gasteiger partial charge is 0.254 e. The van der Waals surface area contributed by atoms with E-state index in [0.717, 1.165) is 35.3 Å². The number of likely N-dealkylation sites (tertiary alicyclic amines) is 1. The number of H-pyrrole nitrogens is 1. The molecule has 4 heteroatoms. The van der Waals surface area contributed by atoms with Crippen LogP contribution >= 0.6 is 12.2 Å². The third kappa shape index (κ3) is 2.76. The van der Waals surface area contributed by atoms with Gasteiger partial charge in [0.05, 0.1) is 6.04 Å². The largest absolute Gasteiger partial charge is 0.350 e. The van der Waals surface area contributed by atoms with Gasteiger partial charge in [-0.05, 0) is 43.5 Å². The van der Waals surface area contributed by atoms with Crippen LogP contribution in [0.2, 0.25) is 0 Å². The molecule has 0 aliphatic carbocycles. The van der Waals surface area contributed by atoms with Crippen molar-refractivity contribution in [2.24, 2.45) is 0 Å². The van der Waals surface area contributed by atoms with Gasteiger partial charge in [-0.3, -0.25) is 4.79 Å². The van der Waals surface area contributed by atoms with Gasteiger partial charge in [0.2, 0.25) is 0 Å². The average Bonchev–Trinajstić information content (AvgIpc) is 2.96. The highest BCUT2D eigenvalue weighted by atomic mass is 32.1. The number of amides is 1. The van der Waals surface area contributed by atoms with Gasteiger partial charge < -0.3 is 9.88 Å². The maximum Gasteiger partial charge on any atom is 0.254 e. The van der Waals surface area contributed by atoms with E-state index in [1.54, 1.807) is 0 Å². The van der Waals surface area contributed by atoms with Crippen LogP contribution in [0.25, 0.3) is 0 Å². The monoisotopic (exact) mass is 298 g/mol. The molecule has 1 amide bonds. The second-order valence-electron chi connectivity index (χ2n) is 5.43. The minimum absolute atomic E-state index is 0.111. The van der Waals surface area contributed by atoms with Gasteiger partial charge in [0.15, 0.2) is 0 Å². The zero-order valence-electron chi connectivity index (χ0n) is 12.0. The molecule has 0 spiro atoms. The van der Waals surface area contributed by atoms with Gasteiger partial charge in [-0.25, -0.2) is 0 Å². The minimum atomic E-state index is 0.111. The Morgan fingerprint density at radius 2 is 2.00 bits per heavy atom. The Morgan fingerprint density at radius 1 is 1.24 bits per heavy atom. The number of hydrogen-bond donors (Lipinski definition) is 1. The number of pyridine rings is 1. The quantitative estimate of drug-likeness (QED) is 0.850. The molecule has 2 heterocycles. The SMILES string of the molecule is Cc1[nH]c(=S)ccc1[C@@H]1CCCN1C(=O)c1ccccc1. The number of aromatic amines is 1. The topological polar surface area (TPSA) is 36.1 Å². The van der Waals surface area contributed by atoms with Crippen molar-refractivity contribution in [2.75, 3.05) is 6.54 Å². The zero-order chi connectivity index (χ0) is 14.8. The number of nitrogens with zero attached hydrogens (tertiary/aromatic N) is 1. The van der Waals surface area contributed by atoms with E-state index in [4.69, 9.17) is 12.2 Å². The predicted octanol–water partition coefficient (Wildman–Crippen LogP) is 4.03. The summed E-state index contributed by atoms with van der Waals surface area (Å²) in [5.41, 5.74) is 2.98. The van der Waals surface area contributed by atoms with Gasteiger partial charge in [0.1, 0.15) is 4.64 Å². The number of rotatable bonds is 2. The van der Waals surface area contributed by atoms with Crippen LogP contribution in [0.5, 0.6) is 0 Å². The molecule has 2 aromatic rings. The number of aromatic nitrogens is 1. The lowest BCUT2D eigenvalue weighted by Crippen LogP contribution is -2.31. The normalized spacial score (nSPS) is 18.0. The van der Waals surface area contributed by atoms with Crippen molar-refractivity contribution < 1.29 is 4.79 Å². The summed E-state index contributed by atoms with van der Waals surface area (Å²) in [4.78, 5) is 17.9. The Bertz CT molecular complexity index is 708.